The number of nitrogens with one attached hydrogen (secondary N) is 1. The lowest BCUT2D eigenvalue weighted by Gasteiger charge is -2.21. The number of para-hydroxylation sites is 1. The molecule has 0 heterocycles. The molecule has 0 aliphatic rings. The van der Waals surface area contributed by atoms with Gasteiger partial charge in [-0.05, 0) is 29.8 Å². The van der Waals surface area contributed by atoms with Crippen LogP contribution in [0.4, 0.5) is 5.69 Å². The van der Waals surface area contributed by atoms with E-state index in [1.54, 1.807) is 55.5 Å². The average molecular weight is 381 g/mol. The van der Waals surface area contributed by atoms with Gasteiger partial charge in [-0.25, -0.2) is 0 Å². The van der Waals surface area contributed by atoms with Gasteiger partial charge in [0.05, 0.1) is 25.5 Å². The molecule has 0 unspecified atom stereocenters. The van der Waals surface area contributed by atoms with Crippen LogP contribution >= 0.6 is 0 Å². The summed E-state index contributed by atoms with van der Waals surface area (Å²) in [6.07, 6.45) is 0.118. The minimum absolute atomic E-state index is 0.118. The summed E-state index contributed by atoms with van der Waals surface area (Å²) in [6, 6.07) is 14.2. The Hall–Kier alpha value is -3.53. The maximum Gasteiger partial charge on any atom is 0.226 e. The second-order valence-corrected chi connectivity index (χ2v) is 6.09. The number of ether oxygens (including phenoxy) is 2. The lowest BCUT2D eigenvalue weighted by Crippen LogP contribution is -2.31. The summed E-state index contributed by atoms with van der Waals surface area (Å²) in [5.74, 6) is 0.784. The number of hydrogen-bond acceptors (Lipinski definition) is 5. The quantitative estimate of drug-likeness (QED) is 0.759. The molecule has 0 spiro atoms. The first-order valence-electron chi connectivity index (χ1n) is 8.74. The Morgan fingerprint density at radius 3 is 2.46 bits per heavy atom. The largest absolute Gasteiger partial charge is 0.493 e. The van der Waals surface area contributed by atoms with Crippen LogP contribution in [0, 0.1) is 11.3 Å². The van der Waals surface area contributed by atoms with Gasteiger partial charge in [-0.2, -0.15) is 5.26 Å². The van der Waals surface area contributed by atoms with Crippen LogP contribution in [0.1, 0.15) is 24.5 Å². The standard InChI is InChI=1S/C21H23N3O4/c1-15(25)24(14-16-8-9-19(27-2)20(12-16)28-3)11-10-21(26)23-18-7-5-4-6-17(18)13-22/h4-9,12H,10-11,14H2,1-3H3,(H,23,26). The monoisotopic (exact) mass is 381 g/mol. The molecule has 2 aromatic rings. The van der Waals surface area contributed by atoms with Gasteiger partial charge in [-0.15, -0.1) is 0 Å². The van der Waals surface area contributed by atoms with Crippen LogP contribution in [0.5, 0.6) is 11.5 Å². The van der Waals surface area contributed by atoms with Crippen molar-refractivity contribution in [1.82, 2.24) is 4.90 Å². The molecule has 28 heavy (non-hydrogen) atoms. The van der Waals surface area contributed by atoms with Crippen molar-refractivity contribution in [2.45, 2.75) is 19.9 Å². The summed E-state index contributed by atoms with van der Waals surface area (Å²) in [7, 11) is 3.11. The van der Waals surface area contributed by atoms with E-state index in [0.717, 1.165) is 5.56 Å². The minimum atomic E-state index is -0.263. The third kappa shape index (κ3) is 5.48. The van der Waals surface area contributed by atoms with Gasteiger partial charge in [0, 0.05) is 26.4 Å². The van der Waals surface area contributed by atoms with Crippen LogP contribution in [0.2, 0.25) is 0 Å². The summed E-state index contributed by atoms with van der Waals surface area (Å²) >= 11 is 0. The van der Waals surface area contributed by atoms with Crippen molar-refractivity contribution >= 4 is 17.5 Å². The fourth-order valence-corrected chi connectivity index (χ4v) is 2.69. The lowest BCUT2D eigenvalue weighted by molar-refractivity contribution is -0.129. The first-order chi connectivity index (χ1) is 13.5. The smallest absolute Gasteiger partial charge is 0.226 e. The van der Waals surface area contributed by atoms with Crippen molar-refractivity contribution in [3.63, 3.8) is 0 Å². The van der Waals surface area contributed by atoms with Gasteiger partial charge in [0.2, 0.25) is 11.8 Å². The topological polar surface area (TPSA) is 91.7 Å². The van der Waals surface area contributed by atoms with Crippen molar-refractivity contribution in [2.24, 2.45) is 0 Å². The number of anilines is 1. The molecule has 2 rings (SSSR count). The summed E-state index contributed by atoms with van der Waals surface area (Å²) < 4.78 is 10.5. The Morgan fingerprint density at radius 2 is 1.82 bits per heavy atom. The van der Waals surface area contributed by atoms with Gasteiger partial charge in [0.15, 0.2) is 11.5 Å². The summed E-state index contributed by atoms with van der Waals surface area (Å²) in [4.78, 5) is 25.8. The fraction of sp³-hybridized carbons (Fsp3) is 0.286. The molecule has 0 aliphatic heterocycles. The Kier molecular flexibility index (Phi) is 7.40. The van der Waals surface area contributed by atoms with E-state index in [4.69, 9.17) is 14.7 Å². The highest BCUT2D eigenvalue weighted by molar-refractivity contribution is 5.92. The van der Waals surface area contributed by atoms with Crippen molar-refractivity contribution in [2.75, 3.05) is 26.1 Å². The minimum Gasteiger partial charge on any atom is -0.493 e. The highest BCUT2D eigenvalue weighted by Crippen LogP contribution is 2.28. The second kappa shape index (κ2) is 9.97. The molecule has 2 aromatic carbocycles. The SMILES string of the molecule is COc1ccc(CN(CCC(=O)Nc2ccccc2C#N)C(C)=O)cc1OC. The van der Waals surface area contributed by atoms with Crippen molar-refractivity contribution in [3.8, 4) is 17.6 Å². The van der Waals surface area contributed by atoms with Crippen molar-refractivity contribution < 1.29 is 19.1 Å². The van der Waals surface area contributed by atoms with Crippen molar-refractivity contribution in [3.05, 3.63) is 53.6 Å². The number of nitrogens with zero attached hydrogens (tertiary/aromatic N) is 2. The van der Waals surface area contributed by atoms with E-state index < -0.39 is 0 Å². The van der Waals surface area contributed by atoms with Crippen LogP contribution in [0.25, 0.3) is 0 Å². The Morgan fingerprint density at radius 1 is 1.11 bits per heavy atom. The second-order valence-electron chi connectivity index (χ2n) is 6.09. The van der Waals surface area contributed by atoms with Crippen LogP contribution in [-0.2, 0) is 16.1 Å². The van der Waals surface area contributed by atoms with Gasteiger partial charge in [-0.3, -0.25) is 9.59 Å². The lowest BCUT2D eigenvalue weighted by atomic mass is 10.1. The number of hydrogen-bond donors (Lipinski definition) is 1. The molecule has 0 fully saturated rings. The van der Waals surface area contributed by atoms with Crippen LogP contribution in [-0.4, -0.2) is 37.5 Å². The number of methoxy groups -OCH3 is 2. The van der Waals surface area contributed by atoms with Gasteiger partial charge in [-0.1, -0.05) is 18.2 Å². The molecule has 0 aromatic heterocycles. The van der Waals surface area contributed by atoms with Gasteiger partial charge in [0.1, 0.15) is 6.07 Å². The third-order valence-electron chi connectivity index (χ3n) is 4.20. The van der Waals surface area contributed by atoms with E-state index in [9.17, 15) is 9.59 Å². The normalized spacial score (nSPS) is 9.93. The predicted molar refractivity (Wildman–Crippen MR) is 105 cm³/mol. The molecule has 0 radical (unpaired) electrons. The zero-order chi connectivity index (χ0) is 20.5. The van der Waals surface area contributed by atoms with Crippen molar-refractivity contribution in [1.29, 1.82) is 5.26 Å². The van der Waals surface area contributed by atoms with Crippen LogP contribution in [0.3, 0.4) is 0 Å². The molecular formula is C21H23N3O4. The first-order valence-corrected chi connectivity index (χ1v) is 8.74. The van der Waals surface area contributed by atoms with E-state index in [1.807, 2.05) is 12.1 Å². The number of carbonyl (C=O) groups excluding carboxylic acids is 2. The molecule has 0 saturated carbocycles. The van der Waals surface area contributed by atoms with E-state index >= 15 is 0 Å². The predicted octanol–water partition coefficient (Wildman–Crippen LogP) is 2.95. The van der Waals surface area contributed by atoms with Gasteiger partial charge < -0.3 is 19.7 Å². The fourth-order valence-electron chi connectivity index (χ4n) is 2.69. The number of nitriles is 1. The van der Waals surface area contributed by atoms with Crippen LogP contribution < -0.4 is 14.8 Å². The zero-order valence-electron chi connectivity index (χ0n) is 16.2. The Balaban J connectivity index is 2.00. The first kappa shape index (κ1) is 20.8. The maximum absolute atomic E-state index is 12.2. The Bertz CT molecular complexity index is 889. The third-order valence-corrected chi connectivity index (χ3v) is 4.20. The number of carbonyl (C=O) groups is 2. The molecule has 0 aliphatic carbocycles. The number of benzene rings is 2. The molecular weight excluding hydrogens is 358 g/mol. The zero-order valence-corrected chi connectivity index (χ0v) is 16.2. The molecule has 1 N–H and O–H groups in total. The number of rotatable bonds is 8. The molecule has 7 nitrogen and oxygen atoms in total. The van der Waals surface area contributed by atoms with E-state index in [2.05, 4.69) is 5.32 Å². The highest BCUT2D eigenvalue weighted by Gasteiger charge is 2.14. The maximum atomic E-state index is 12.2. The Labute approximate surface area is 164 Å². The molecule has 0 bridgehead atoms. The average Bonchev–Trinajstić information content (AvgIpc) is 2.71. The van der Waals surface area contributed by atoms with Crippen LogP contribution in [0.15, 0.2) is 42.5 Å². The summed E-state index contributed by atoms with van der Waals surface area (Å²) in [6.45, 7) is 2.06. The van der Waals surface area contributed by atoms with E-state index in [-0.39, 0.29) is 24.8 Å². The summed E-state index contributed by atoms with van der Waals surface area (Å²) in [5.41, 5.74) is 1.72. The molecule has 0 saturated heterocycles. The number of amides is 2. The molecule has 0 atom stereocenters. The van der Waals surface area contributed by atoms with E-state index in [0.29, 0.717) is 29.3 Å². The molecule has 7 heteroatoms. The van der Waals surface area contributed by atoms with Gasteiger partial charge in [0.25, 0.3) is 0 Å². The van der Waals surface area contributed by atoms with E-state index in [1.165, 1.54) is 6.92 Å². The summed E-state index contributed by atoms with van der Waals surface area (Å²) in [5, 5.41) is 11.8. The molecule has 146 valence electrons. The van der Waals surface area contributed by atoms with Gasteiger partial charge >= 0.3 is 0 Å². The molecule has 2 amide bonds. The highest BCUT2D eigenvalue weighted by atomic mass is 16.5.